The van der Waals surface area contributed by atoms with Crippen LogP contribution in [0, 0.1) is 5.92 Å². The SMILES string of the molecule is O=C(NCC1CCCC1)Nc1ccc2ncc(-c3cn[nH]c3)cc2n1. The maximum atomic E-state index is 12.1. The molecule has 0 radical (unpaired) electrons. The number of carbonyl (C=O) groups excluding carboxylic acids is 1. The minimum atomic E-state index is -0.210. The van der Waals surface area contributed by atoms with E-state index in [1.807, 2.05) is 12.1 Å². The van der Waals surface area contributed by atoms with E-state index < -0.39 is 0 Å². The molecule has 3 aromatic rings. The van der Waals surface area contributed by atoms with Gasteiger partial charge in [-0.1, -0.05) is 12.8 Å². The van der Waals surface area contributed by atoms with Gasteiger partial charge in [0.1, 0.15) is 5.82 Å². The van der Waals surface area contributed by atoms with Gasteiger partial charge in [0, 0.05) is 30.1 Å². The summed E-state index contributed by atoms with van der Waals surface area (Å²) in [6.45, 7) is 0.728. The van der Waals surface area contributed by atoms with Crippen molar-refractivity contribution in [2.75, 3.05) is 11.9 Å². The van der Waals surface area contributed by atoms with Crippen molar-refractivity contribution in [3.8, 4) is 11.1 Å². The Labute approximate surface area is 145 Å². The van der Waals surface area contributed by atoms with E-state index >= 15 is 0 Å². The monoisotopic (exact) mass is 336 g/mol. The number of aromatic amines is 1. The standard InChI is InChI=1S/C18H20N6O/c25-18(20-8-12-3-1-2-4-12)24-17-6-5-15-16(23-17)7-13(9-19-15)14-10-21-22-11-14/h5-7,9-12H,1-4,8H2,(H,21,22)(H2,20,23,24,25). The van der Waals surface area contributed by atoms with Crippen LogP contribution in [0.2, 0.25) is 0 Å². The van der Waals surface area contributed by atoms with Crippen LogP contribution in [0.4, 0.5) is 10.6 Å². The van der Waals surface area contributed by atoms with Crippen LogP contribution in [-0.2, 0) is 0 Å². The predicted octanol–water partition coefficient (Wildman–Crippen LogP) is 3.33. The van der Waals surface area contributed by atoms with Crippen molar-refractivity contribution in [1.82, 2.24) is 25.5 Å². The smallest absolute Gasteiger partial charge is 0.320 e. The van der Waals surface area contributed by atoms with E-state index in [9.17, 15) is 4.79 Å². The van der Waals surface area contributed by atoms with Crippen LogP contribution in [0.1, 0.15) is 25.7 Å². The number of hydrogen-bond donors (Lipinski definition) is 3. The Morgan fingerprint density at radius 1 is 1.16 bits per heavy atom. The second-order valence-corrected chi connectivity index (χ2v) is 6.43. The fourth-order valence-corrected chi connectivity index (χ4v) is 3.25. The van der Waals surface area contributed by atoms with E-state index in [1.54, 1.807) is 24.7 Å². The predicted molar refractivity (Wildman–Crippen MR) is 96.1 cm³/mol. The summed E-state index contributed by atoms with van der Waals surface area (Å²) in [5.74, 6) is 1.12. The summed E-state index contributed by atoms with van der Waals surface area (Å²) < 4.78 is 0. The number of H-pyrrole nitrogens is 1. The number of nitrogens with one attached hydrogen (secondary N) is 3. The summed E-state index contributed by atoms with van der Waals surface area (Å²) in [4.78, 5) is 21.0. The van der Waals surface area contributed by atoms with Gasteiger partial charge < -0.3 is 5.32 Å². The minimum Gasteiger partial charge on any atom is -0.338 e. The first kappa shape index (κ1) is 15.6. The zero-order valence-corrected chi connectivity index (χ0v) is 13.8. The second-order valence-electron chi connectivity index (χ2n) is 6.43. The molecule has 128 valence electrons. The van der Waals surface area contributed by atoms with Crippen LogP contribution in [0.5, 0.6) is 0 Å². The molecule has 1 aliphatic rings. The first-order valence-corrected chi connectivity index (χ1v) is 8.59. The van der Waals surface area contributed by atoms with Crippen molar-refractivity contribution in [3.63, 3.8) is 0 Å². The van der Waals surface area contributed by atoms with Gasteiger partial charge in [0.15, 0.2) is 0 Å². The number of anilines is 1. The van der Waals surface area contributed by atoms with Crippen LogP contribution in [0.15, 0.2) is 36.8 Å². The van der Waals surface area contributed by atoms with E-state index in [4.69, 9.17) is 0 Å². The molecule has 4 rings (SSSR count). The number of aromatic nitrogens is 4. The van der Waals surface area contributed by atoms with E-state index in [0.29, 0.717) is 11.7 Å². The largest absolute Gasteiger partial charge is 0.338 e. The third-order valence-corrected chi connectivity index (χ3v) is 4.64. The van der Waals surface area contributed by atoms with Crippen molar-refractivity contribution < 1.29 is 4.79 Å². The van der Waals surface area contributed by atoms with Crippen LogP contribution in [0.25, 0.3) is 22.2 Å². The van der Waals surface area contributed by atoms with Crippen LogP contribution in [-0.4, -0.2) is 32.7 Å². The number of carbonyl (C=O) groups is 1. The summed E-state index contributed by atoms with van der Waals surface area (Å²) in [6, 6.07) is 5.35. The molecular weight excluding hydrogens is 316 g/mol. The molecule has 7 heteroatoms. The van der Waals surface area contributed by atoms with E-state index in [2.05, 4.69) is 30.8 Å². The van der Waals surface area contributed by atoms with Gasteiger partial charge in [-0.2, -0.15) is 5.10 Å². The Morgan fingerprint density at radius 2 is 2.04 bits per heavy atom. The van der Waals surface area contributed by atoms with Gasteiger partial charge in [0.25, 0.3) is 0 Å². The van der Waals surface area contributed by atoms with Gasteiger partial charge in [0.2, 0.25) is 0 Å². The minimum absolute atomic E-state index is 0.210. The van der Waals surface area contributed by atoms with Gasteiger partial charge in [-0.3, -0.25) is 15.4 Å². The highest BCUT2D eigenvalue weighted by Gasteiger charge is 2.15. The summed E-state index contributed by atoms with van der Waals surface area (Å²) >= 11 is 0. The number of nitrogens with zero attached hydrogens (tertiary/aromatic N) is 3. The van der Waals surface area contributed by atoms with Gasteiger partial charge >= 0.3 is 6.03 Å². The van der Waals surface area contributed by atoms with Crippen LogP contribution in [0.3, 0.4) is 0 Å². The Bertz CT molecular complexity index is 870. The van der Waals surface area contributed by atoms with E-state index in [-0.39, 0.29) is 6.03 Å². The van der Waals surface area contributed by atoms with E-state index in [1.165, 1.54) is 25.7 Å². The van der Waals surface area contributed by atoms with Crippen molar-refractivity contribution in [3.05, 3.63) is 36.8 Å². The Balaban J connectivity index is 1.46. The molecule has 3 aromatic heterocycles. The number of urea groups is 1. The number of fused-ring (bicyclic) bond motifs is 1. The third kappa shape index (κ3) is 3.60. The molecule has 0 atom stereocenters. The molecule has 25 heavy (non-hydrogen) atoms. The molecule has 0 saturated heterocycles. The van der Waals surface area contributed by atoms with Crippen molar-refractivity contribution in [1.29, 1.82) is 0 Å². The number of amides is 2. The highest BCUT2D eigenvalue weighted by atomic mass is 16.2. The lowest BCUT2D eigenvalue weighted by Crippen LogP contribution is -2.32. The van der Waals surface area contributed by atoms with Crippen molar-refractivity contribution in [2.24, 2.45) is 5.92 Å². The molecule has 1 aliphatic carbocycles. The van der Waals surface area contributed by atoms with Gasteiger partial charge in [-0.05, 0) is 37.0 Å². The lowest BCUT2D eigenvalue weighted by molar-refractivity contribution is 0.250. The number of rotatable bonds is 4. The molecule has 7 nitrogen and oxygen atoms in total. The first-order valence-electron chi connectivity index (χ1n) is 8.59. The molecule has 0 unspecified atom stereocenters. The van der Waals surface area contributed by atoms with Crippen LogP contribution >= 0.6 is 0 Å². The van der Waals surface area contributed by atoms with Gasteiger partial charge in [0.05, 0.1) is 17.2 Å². The molecule has 0 bridgehead atoms. The van der Waals surface area contributed by atoms with E-state index in [0.717, 1.165) is 28.7 Å². The molecule has 0 spiro atoms. The molecule has 1 fully saturated rings. The molecule has 0 aliphatic heterocycles. The topological polar surface area (TPSA) is 95.6 Å². The lowest BCUT2D eigenvalue weighted by Gasteiger charge is -2.11. The molecule has 2 amide bonds. The average Bonchev–Trinajstić information content (AvgIpc) is 3.33. The second kappa shape index (κ2) is 6.88. The maximum absolute atomic E-state index is 12.1. The fraction of sp³-hybridized carbons (Fsp3) is 0.333. The van der Waals surface area contributed by atoms with Crippen molar-refractivity contribution in [2.45, 2.75) is 25.7 Å². The number of hydrogen-bond acceptors (Lipinski definition) is 4. The third-order valence-electron chi connectivity index (χ3n) is 4.64. The zero-order chi connectivity index (χ0) is 17.1. The average molecular weight is 336 g/mol. The lowest BCUT2D eigenvalue weighted by atomic mass is 10.1. The summed E-state index contributed by atoms with van der Waals surface area (Å²) in [7, 11) is 0. The number of pyridine rings is 2. The molecule has 3 heterocycles. The highest BCUT2D eigenvalue weighted by Crippen LogP contribution is 2.24. The fourth-order valence-electron chi connectivity index (χ4n) is 3.25. The Morgan fingerprint density at radius 3 is 2.84 bits per heavy atom. The first-order chi connectivity index (χ1) is 12.3. The van der Waals surface area contributed by atoms with Gasteiger partial charge in [-0.25, -0.2) is 9.78 Å². The summed E-state index contributed by atoms with van der Waals surface area (Å²) in [5.41, 5.74) is 3.39. The normalized spacial score (nSPS) is 14.7. The Hall–Kier alpha value is -2.96. The molecular formula is C18H20N6O. The zero-order valence-electron chi connectivity index (χ0n) is 13.8. The summed E-state index contributed by atoms with van der Waals surface area (Å²) in [5, 5.41) is 12.5. The van der Waals surface area contributed by atoms with Crippen molar-refractivity contribution >= 4 is 22.9 Å². The quantitative estimate of drug-likeness (QED) is 0.681. The molecule has 0 aromatic carbocycles. The molecule has 3 N–H and O–H groups in total. The summed E-state index contributed by atoms with van der Waals surface area (Å²) in [6.07, 6.45) is 10.3. The van der Waals surface area contributed by atoms with Gasteiger partial charge in [-0.15, -0.1) is 0 Å². The maximum Gasteiger partial charge on any atom is 0.320 e. The highest BCUT2D eigenvalue weighted by molar-refractivity contribution is 5.90. The molecule has 1 saturated carbocycles. The van der Waals surface area contributed by atoms with Crippen LogP contribution < -0.4 is 10.6 Å². The Kier molecular flexibility index (Phi) is 4.28.